The molecule has 0 saturated carbocycles. The number of ether oxygens (including phenoxy) is 1. The number of amides is 2. The lowest BCUT2D eigenvalue weighted by Crippen LogP contribution is -2.55. The molecule has 3 saturated heterocycles. The number of carbonyl (C=O) groups excluding carboxylic acids is 2. The summed E-state index contributed by atoms with van der Waals surface area (Å²) in [5.41, 5.74) is 0.675. The molecule has 1 aromatic rings. The molecule has 0 radical (unpaired) electrons. The van der Waals surface area contributed by atoms with Crippen LogP contribution >= 0.6 is 11.8 Å². The largest absolute Gasteiger partial charge is 0.497 e. The average Bonchev–Trinajstić information content (AvgIpc) is 3.43. The molecule has 9 heteroatoms. The number of carboxylic acids is 1. The van der Waals surface area contributed by atoms with Crippen LogP contribution in [0.25, 0.3) is 0 Å². The number of hydrogen-bond acceptors (Lipinski definition) is 6. The van der Waals surface area contributed by atoms with Crippen molar-refractivity contribution in [3.63, 3.8) is 0 Å². The number of aliphatic hydroxyl groups is 1. The number of thioether (sulfide) groups is 1. The smallest absolute Gasteiger partial charge is 0.308 e. The Morgan fingerprint density at radius 3 is 2.53 bits per heavy atom. The lowest BCUT2D eigenvalue weighted by molar-refractivity contribution is -0.150. The summed E-state index contributed by atoms with van der Waals surface area (Å²) in [6.07, 6.45) is 6.02. The van der Waals surface area contributed by atoms with Gasteiger partial charge in [-0.25, -0.2) is 0 Å². The number of carboxylic acid groups (broad SMARTS) is 1. The first-order chi connectivity index (χ1) is 17.2. The van der Waals surface area contributed by atoms with Crippen molar-refractivity contribution in [3.05, 3.63) is 36.9 Å². The lowest BCUT2D eigenvalue weighted by Gasteiger charge is -2.37. The third kappa shape index (κ3) is 4.30. The fourth-order valence-corrected chi connectivity index (χ4v) is 8.77. The van der Waals surface area contributed by atoms with Crippen molar-refractivity contribution in [2.75, 3.05) is 31.7 Å². The molecule has 2 unspecified atom stereocenters. The van der Waals surface area contributed by atoms with E-state index in [4.69, 9.17) is 9.84 Å². The summed E-state index contributed by atoms with van der Waals surface area (Å²) in [5, 5.41) is 19.2. The number of hydrogen-bond donors (Lipinski definition) is 2. The summed E-state index contributed by atoms with van der Waals surface area (Å²) in [5.74, 6) is -2.23. The van der Waals surface area contributed by atoms with E-state index in [-0.39, 0.29) is 25.0 Å². The number of benzene rings is 1. The Morgan fingerprint density at radius 1 is 1.22 bits per heavy atom. The Balaban J connectivity index is 1.71. The van der Waals surface area contributed by atoms with Gasteiger partial charge in [0, 0.05) is 30.1 Å². The van der Waals surface area contributed by atoms with Crippen LogP contribution in [0, 0.1) is 11.8 Å². The van der Waals surface area contributed by atoms with E-state index >= 15 is 0 Å². The van der Waals surface area contributed by atoms with Gasteiger partial charge in [0.15, 0.2) is 0 Å². The van der Waals surface area contributed by atoms with Gasteiger partial charge in [0.1, 0.15) is 11.8 Å². The number of aliphatic carboxylic acids is 1. The predicted molar refractivity (Wildman–Crippen MR) is 139 cm³/mol. The molecule has 196 valence electrons. The van der Waals surface area contributed by atoms with Gasteiger partial charge in [0.25, 0.3) is 5.91 Å². The van der Waals surface area contributed by atoms with Crippen molar-refractivity contribution < 1.29 is 29.3 Å². The standard InChI is InChI=1S/C27H36N2O6S/c1-4-15-28(18-9-11-19(35-3)12-10-18)24(32)22-27-14-13-26(2,36-27)21(25(33)34)20(27)23(31)29(22)16-7-5-6-8-17-30/h4,9-12,20-22,30H,1,5-8,13-17H2,2-3H3,(H,33,34)/t20-,21-,22?,26+,27?/m0/s1. The highest BCUT2D eigenvalue weighted by Gasteiger charge is 2.77. The van der Waals surface area contributed by atoms with Crippen LogP contribution in [-0.4, -0.2) is 75.2 Å². The fourth-order valence-electron chi connectivity index (χ4n) is 6.43. The quantitative estimate of drug-likeness (QED) is 0.324. The van der Waals surface area contributed by atoms with Crippen LogP contribution in [0.5, 0.6) is 5.75 Å². The zero-order chi connectivity index (χ0) is 26.1. The summed E-state index contributed by atoms with van der Waals surface area (Å²) in [7, 11) is 1.58. The number of carbonyl (C=O) groups is 3. The Morgan fingerprint density at radius 2 is 1.92 bits per heavy atom. The molecule has 2 bridgehead atoms. The van der Waals surface area contributed by atoms with Crippen LogP contribution in [-0.2, 0) is 14.4 Å². The van der Waals surface area contributed by atoms with Gasteiger partial charge in [-0.05, 0) is 56.9 Å². The van der Waals surface area contributed by atoms with Crippen LogP contribution in [0.1, 0.15) is 45.4 Å². The molecule has 5 atom stereocenters. The van der Waals surface area contributed by atoms with E-state index in [9.17, 15) is 19.5 Å². The lowest BCUT2D eigenvalue weighted by atomic mass is 9.66. The Labute approximate surface area is 216 Å². The molecular formula is C27H36N2O6S. The molecule has 3 fully saturated rings. The first-order valence-electron chi connectivity index (χ1n) is 12.6. The molecule has 2 amide bonds. The van der Waals surface area contributed by atoms with E-state index in [1.165, 1.54) is 0 Å². The second kappa shape index (κ2) is 10.5. The summed E-state index contributed by atoms with van der Waals surface area (Å²) < 4.78 is 3.93. The van der Waals surface area contributed by atoms with Gasteiger partial charge in [0.2, 0.25) is 5.91 Å². The molecule has 4 rings (SSSR count). The number of anilines is 1. The molecule has 3 aliphatic rings. The van der Waals surface area contributed by atoms with Gasteiger partial charge < -0.3 is 24.7 Å². The maximum absolute atomic E-state index is 14.3. The van der Waals surface area contributed by atoms with Crippen LogP contribution < -0.4 is 9.64 Å². The minimum absolute atomic E-state index is 0.128. The Kier molecular flexibility index (Phi) is 7.71. The maximum atomic E-state index is 14.3. The van der Waals surface area contributed by atoms with Crippen LogP contribution in [0.15, 0.2) is 36.9 Å². The van der Waals surface area contributed by atoms with Gasteiger partial charge in [-0.1, -0.05) is 18.9 Å². The second-order valence-corrected chi connectivity index (χ2v) is 12.1. The predicted octanol–water partition coefficient (Wildman–Crippen LogP) is 3.33. The van der Waals surface area contributed by atoms with Crippen LogP contribution in [0.3, 0.4) is 0 Å². The van der Waals surface area contributed by atoms with Crippen LogP contribution in [0.4, 0.5) is 5.69 Å². The monoisotopic (exact) mass is 516 g/mol. The van der Waals surface area contributed by atoms with Crippen molar-refractivity contribution in [2.45, 2.75) is 61.0 Å². The zero-order valence-corrected chi connectivity index (χ0v) is 21.8. The van der Waals surface area contributed by atoms with Gasteiger partial charge in [0.05, 0.1) is 23.7 Å². The Hall–Kier alpha value is -2.52. The molecular weight excluding hydrogens is 480 g/mol. The van der Waals surface area contributed by atoms with Crippen molar-refractivity contribution in [1.82, 2.24) is 4.90 Å². The molecule has 8 nitrogen and oxygen atoms in total. The summed E-state index contributed by atoms with van der Waals surface area (Å²) in [6, 6.07) is 6.45. The van der Waals surface area contributed by atoms with Crippen molar-refractivity contribution in [2.24, 2.45) is 11.8 Å². The normalized spacial score (nSPS) is 30.4. The number of unbranched alkanes of at least 4 members (excludes halogenated alkanes) is 3. The van der Waals surface area contributed by atoms with Gasteiger partial charge in [-0.3, -0.25) is 14.4 Å². The number of fused-ring (bicyclic) bond motifs is 1. The van der Waals surface area contributed by atoms with Crippen molar-refractivity contribution >= 4 is 35.2 Å². The van der Waals surface area contributed by atoms with Gasteiger partial charge in [-0.15, -0.1) is 18.3 Å². The highest BCUT2D eigenvalue weighted by Crippen LogP contribution is 2.71. The number of likely N-dealkylation sites (tertiary alicyclic amines) is 1. The highest BCUT2D eigenvalue weighted by molar-refractivity contribution is 8.02. The summed E-state index contributed by atoms with van der Waals surface area (Å²) >= 11 is 1.55. The van der Waals surface area contributed by atoms with E-state index in [1.807, 2.05) is 19.1 Å². The second-order valence-electron chi connectivity index (χ2n) is 10.2. The molecule has 3 aliphatic heterocycles. The first-order valence-corrected chi connectivity index (χ1v) is 13.5. The average molecular weight is 517 g/mol. The third-order valence-corrected chi connectivity index (χ3v) is 10.0. The minimum Gasteiger partial charge on any atom is -0.497 e. The van der Waals surface area contributed by atoms with E-state index in [1.54, 1.807) is 46.9 Å². The van der Waals surface area contributed by atoms with Crippen LogP contribution in [0.2, 0.25) is 0 Å². The van der Waals surface area contributed by atoms with Gasteiger partial charge >= 0.3 is 5.97 Å². The van der Waals surface area contributed by atoms with E-state index in [0.717, 1.165) is 12.8 Å². The molecule has 1 spiro atoms. The van der Waals surface area contributed by atoms with Gasteiger partial charge in [-0.2, -0.15) is 0 Å². The molecule has 3 heterocycles. The van der Waals surface area contributed by atoms with E-state index < -0.39 is 33.3 Å². The number of nitrogens with zero attached hydrogens (tertiary/aromatic N) is 2. The number of aliphatic hydroxyl groups excluding tert-OH is 1. The highest BCUT2D eigenvalue weighted by atomic mass is 32.2. The summed E-state index contributed by atoms with van der Waals surface area (Å²) in [4.78, 5) is 43.9. The SMILES string of the molecule is C=CCN(C(=O)C1N(CCCCCCO)C(=O)[C@@H]2[C@@H](C(=O)O)[C@@]3(C)CCC12S3)c1ccc(OC)cc1. The Bertz CT molecular complexity index is 1020. The van der Waals surface area contributed by atoms with Crippen molar-refractivity contribution in [3.8, 4) is 5.75 Å². The van der Waals surface area contributed by atoms with E-state index in [0.29, 0.717) is 43.7 Å². The molecule has 36 heavy (non-hydrogen) atoms. The first kappa shape index (κ1) is 26.5. The topological polar surface area (TPSA) is 107 Å². The minimum atomic E-state index is -0.959. The molecule has 0 aliphatic carbocycles. The van der Waals surface area contributed by atoms with Crippen molar-refractivity contribution in [1.29, 1.82) is 0 Å². The number of methoxy groups -OCH3 is 1. The molecule has 0 aromatic heterocycles. The zero-order valence-electron chi connectivity index (χ0n) is 21.0. The number of rotatable bonds is 12. The molecule has 2 N–H and O–H groups in total. The fraction of sp³-hybridized carbons (Fsp3) is 0.593. The molecule has 1 aromatic carbocycles. The maximum Gasteiger partial charge on any atom is 0.308 e. The summed E-state index contributed by atoms with van der Waals surface area (Å²) in [6.45, 7) is 6.56. The third-order valence-electron chi connectivity index (χ3n) is 8.05. The van der Waals surface area contributed by atoms with E-state index in [2.05, 4.69) is 6.58 Å².